The van der Waals surface area contributed by atoms with Gasteiger partial charge in [0.25, 0.3) is 0 Å². The van der Waals surface area contributed by atoms with Crippen LogP contribution in [-0.2, 0) is 9.59 Å². The molecule has 3 atom stereocenters. The van der Waals surface area contributed by atoms with Gasteiger partial charge in [-0.2, -0.15) is 0 Å². The average molecular weight is 381 g/mol. The summed E-state index contributed by atoms with van der Waals surface area (Å²) in [5.74, 6) is -0.939. The van der Waals surface area contributed by atoms with Crippen molar-refractivity contribution in [3.63, 3.8) is 0 Å². The van der Waals surface area contributed by atoms with Crippen molar-refractivity contribution in [3.8, 4) is 0 Å². The Kier molecular flexibility index (Phi) is 10.0. The van der Waals surface area contributed by atoms with Crippen molar-refractivity contribution in [2.45, 2.75) is 67.5 Å². The molecular formula is C22H40N2O3. The van der Waals surface area contributed by atoms with Crippen LogP contribution in [0.1, 0.15) is 55.4 Å². The van der Waals surface area contributed by atoms with Crippen molar-refractivity contribution in [2.24, 2.45) is 23.2 Å². The highest BCUT2D eigenvalue weighted by Crippen LogP contribution is 2.24. The van der Waals surface area contributed by atoms with Gasteiger partial charge in [0.2, 0.25) is 5.91 Å². The van der Waals surface area contributed by atoms with Crippen molar-refractivity contribution in [2.75, 3.05) is 14.1 Å². The van der Waals surface area contributed by atoms with Crippen LogP contribution in [0.2, 0.25) is 0 Å². The van der Waals surface area contributed by atoms with E-state index in [1.165, 1.54) is 0 Å². The van der Waals surface area contributed by atoms with Crippen molar-refractivity contribution in [1.29, 1.82) is 0 Å². The maximum atomic E-state index is 13.2. The molecule has 0 spiro atoms. The average Bonchev–Trinajstić information content (AvgIpc) is 2.53. The fourth-order valence-corrected chi connectivity index (χ4v) is 3.10. The molecule has 0 radical (unpaired) electrons. The van der Waals surface area contributed by atoms with E-state index < -0.39 is 5.97 Å². The number of amides is 1. The second-order valence-electron chi connectivity index (χ2n) is 9.13. The van der Waals surface area contributed by atoms with Crippen LogP contribution in [0.3, 0.4) is 0 Å². The summed E-state index contributed by atoms with van der Waals surface area (Å²) in [5.41, 5.74) is 0.303. The van der Waals surface area contributed by atoms with Crippen molar-refractivity contribution >= 4 is 11.9 Å². The molecule has 0 saturated carbocycles. The van der Waals surface area contributed by atoms with Crippen LogP contribution < -0.4 is 5.32 Å². The molecule has 0 aromatic heterocycles. The molecule has 0 rings (SSSR count). The minimum Gasteiger partial charge on any atom is -0.478 e. The molecule has 0 aromatic rings. The SMILES string of the molecule is CNC(/C=C/C(C(=O)N(C)[C@H](/C=C(\C)C(=O)O)C(C)C)C(C)C)C(C)(C)C. The molecule has 0 aliphatic carbocycles. The van der Waals surface area contributed by atoms with E-state index >= 15 is 0 Å². The summed E-state index contributed by atoms with van der Waals surface area (Å²) in [4.78, 5) is 26.1. The highest BCUT2D eigenvalue weighted by molar-refractivity contribution is 5.86. The van der Waals surface area contributed by atoms with E-state index in [1.54, 1.807) is 24.9 Å². The van der Waals surface area contributed by atoms with Crippen LogP contribution in [0.5, 0.6) is 0 Å². The number of rotatable bonds is 9. The van der Waals surface area contributed by atoms with Crippen LogP contribution in [0.15, 0.2) is 23.8 Å². The minimum atomic E-state index is -0.955. The molecular weight excluding hydrogens is 340 g/mol. The van der Waals surface area contributed by atoms with E-state index in [-0.39, 0.29) is 46.7 Å². The number of carbonyl (C=O) groups is 2. The van der Waals surface area contributed by atoms with Gasteiger partial charge in [-0.05, 0) is 31.2 Å². The first kappa shape index (κ1) is 25.4. The standard InChI is InChI=1S/C22H40N2O3/c1-14(2)17(11-12-19(23-9)22(6,7)8)20(25)24(10)18(15(3)4)13-16(5)21(26)27/h11-15,17-19,23H,1-10H3,(H,26,27)/b12-11+,16-13+/t17?,18-,19?/m1/s1. The maximum Gasteiger partial charge on any atom is 0.331 e. The number of nitrogens with zero attached hydrogens (tertiary/aromatic N) is 1. The summed E-state index contributed by atoms with van der Waals surface area (Å²) in [6.45, 7) is 16.1. The zero-order valence-electron chi connectivity index (χ0n) is 18.8. The topological polar surface area (TPSA) is 69.6 Å². The highest BCUT2D eigenvalue weighted by atomic mass is 16.4. The molecule has 0 bridgehead atoms. The molecule has 2 N–H and O–H groups in total. The van der Waals surface area contributed by atoms with Gasteiger partial charge in [0.15, 0.2) is 0 Å². The van der Waals surface area contributed by atoms with Crippen molar-refractivity contribution < 1.29 is 14.7 Å². The quantitative estimate of drug-likeness (QED) is 0.469. The number of carboxylic acids is 1. The van der Waals surface area contributed by atoms with Gasteiger partial charge in [0.05, 0.1) is 12.0 Å². The smallest absolute Gasteiger partial charge is 0.331 e. The third-order valence-electron chi connectivity index (χ3n) is 4.99. The highest BCUT2D eigenvalue weighted by Gasteiger charge is 2.29. The second kappa shape index (κ2) is 10.6. The van der Waals surface area contributed by atoms with E-state index in [2.05, 4.69) is 32.2 Å². The van der Waals surface area contributed by atoms with E-state index in [0.717, 1.165) is 0 Å². The molecule has 0 aliphatic heterocycles. The van der Waals surface area contributed by atoms with Crippen molar-refractivity contribution in [3.05, 3.63) is 23.8 Å². The largest absolute Gasteiger partial charge is 0.478 e. The number of aliphatic carboxylic acids is 1. The summed E-state index contributed by atoms with van der Waals surface area (Å²) in [5, 5.41) is 12.5. The first-order valence-electron chi connectivity index (χ1n) is 9.77. The molecule has 5 heteroatoms. The van der Waals surface area contributed by atoms with Gasteiger partial charge in [0.1, 0.15) is 0 Å². The minimum absolute atomic E-state index is 0.0122. The lowest BCUT2D eigenvalue weighted by atomic mass is 9.84. The van der Waals surface area contributed by atoms with Gasteiger partial charge in [-0.15, -0.1) is 0 Å². The predicted octanol–water partition coefficient (Wildman–Crippen LogP) is 3.96. The molecule has 27 heavy (non-hydrogen) atoms. The Balaban J connectivity index is 5.68. The molecule has 2 unspecified atom stereocenters. The van der Waals surface area contributed by atoms with Crippen LogP contribution in [0, 0.1) is 23.2 Å². The van der Waals surface area contributed by atoms with Crippen LogP contribution in [0.25, 0.3) is 0 Å². The van der Waals surface area contributed by atoms with Crippen molar-refractivity contribution in [1.82, 2.24) is 10.2 Å². The summed E-state index contributed by atoms with van der Waals surface area (Å²) in [6.07, 6.45) is 5.76. The number of hydrogen-bond acceptors (Lipinski definition) is 3. The lowest BCUT2D eigenvalue weighted by molar-refractivity contribution is -0.136. The number of carbonyl (C=O) groups excluding carboxylic acids is 1. The summed E-state index contributed by atoms with van der Waals surface area (Å²) >= 11 is 0. The molecule has 0 saturated heterocycles. The zero-order chi connectivity index (χ0) is 21.5. The Morgan fingerprint density at radius 3 is 1.89 bits per heavy atom. The molecule has 0 aromatic carbocycles. The Hall–Kier alpha value is -1.62. The van der Waals surface area contributed by atoms with Gasteiger partial charge in [-0.1, -0.05) is 66.7 Å². The predicted molar refractivity (Wildman–Crippen MR) is 113 cm³/mol. The number of nitrogens with one attached hydrogen (secondary N) is 1. The summed E-state index contributed by atoms with van der Waals surface area (Å²) in [6, 6.07) is -0.0992. The van der Waals surface area contributed by atoms with Gasteiger partial charge in [0, 0.05) is 18.7 Å². The summed E-state index contributed by atoms with van der Waals surface area (Å²) in [7, 11) is 3.69. The number of hydrogen-bond donors (Lipinski definition) is 2. The monoisotopic (exact) mass is 380 g/mol. The second-order valence-corrected chi connectivity index (χ2v) is 9.13. The van der Waals surface area contributed by atoms with Gasteiger partial charge in [-0.3, -0.25) is 4.79 Å². The third-order valence-corrected chi connectivity index (χ3v) is 4.99. The Bertz CT molecular complexity index is 556. The lowest BCUT2D eigenvalue weighted by Crippen LogP contribution is -2.44. The maximum absolute atomic E-state index is 13.2. The fourth-order valence-electron chi connectivity index (χ4n) is 3.10. The molecule has 0 aliphatic rings. The zero-order valence-corrected chi connectivity index (χ0v) is 18.8. The van der Waals surface area contributed by atoms with Crippen LogP contribution in [0.4, 0.5) is 0 Å². The Labute approximate surface area is 165 Å². The summed E-state index contributed by atoms with van der Waals surface area (Å²) < 4.78 is 0. The van der Waals surface area contributed by atoms with Crippen LogP contribution in [-0.4, -0.2) is 48.1 Å². The molecule has 156 valence electrons. The van der Waals surface area contributed by atoms with Gasteiger partial charge >= 0.3 is 5.97 Å². The Morgan fingerprint density at radius 1 is 1.04 bits per heavy atom. The molecule has 0 heterocycles. The van der Waals surface area contributed by atoms with E-state index in [9.17, 15) is 14.7 Å². The van der Waals surface area contributed by atoms with E-state index in [0.29, 0.717) is 0 Å². The first-order valence-corrected chi connectivity index (χ1v) is 9.77. The fraction of sp³-hybridized carbons (Fsp3) is 0.727. The van der Waals surface area contributed by atoms with Crippen LogP contribution >= 0.6 is 0 Å². The first-order chi connectivity index (χ1) is 12.2. The van der Waals surface area contributed by atoms with Gasteiger partial charge < -0.3 is 15.3 Å². The Morgan fingerprint density at radius 2 is 1.56 bits per heavy atom. The van der Waals surface area contributed by atoms with Gasteiger partial charge in [-0.25, -0.2) is 4.79 Å². The third kappa shape index (κ3) is 7.87. The number of carboxylic acid groups (broad SMARTS) is 1. The number of likely N-dealkylation sites (N-methyl/N-ethyl adjacent to an activating group) is 2. The molecule has 1 amide bonds. The van der Waals surface area contributed by atoms with E-state index in [4.69, 9.17) is 0 Å². The molecule has 0 fully saturated rings. The normalized spacial score (nSPS) is 16.7. The van der Waals surface area contributed by atoms with E-state index in [1.807, 2.05) is 40.8 Å². The lowest BCUT2D eigenvalue weighted by Gasteiger charge is -2.33. The molecule has 5 nitrogen and oxygen atoms in total.